The van der Waals surface area contributed by atoms with Crippen LogP contribution in [-0.4, -0.2) is 59.8 Å². The van der Waals surface area contributed by atoms with Gasteiger partial charge in [0.15, 0.2) is 0 Å². The summed E-state index contributed by atoms with van der Waals surface area (Å²) in [4.78, 5) is 20.8. The van der Waals surface area contributed by atoms with E-state index in [1.54, 1.807) is 13.0 Å². The third kappa shape index (κ3) is 4.17. The molecule has 0 aliphatic carbocycles. The van der Waals surface area contributed by atoms with E-state index in [1.807, 2.05) is 11.8 Å². The quantitative estimate of drug-likeness (QED) is 0.692. The Bertz CT molecular complexity index is 1010. The lowest BCUT2D eigenvalue weighted by Crippen LogP contribution is -2.47. The zero-order chi connectivity index (χ0) is 21.3. The average Bonchev–Trinajstić information content (AvgIpc) is 3.40. The maximum atomic E-state index is 13.4. The molecule has 0 radical (unpaired) electrons. The number of aromatic nitrogens is 2. The minimum atomic E-state index is -3.69. The molecule has 164 valence electrons. The van der Waals surface area contributed by atoms with Crippen molar-refractivity contribution in [2.75, 3.05) is 26.2 Å². The molecule has 2 aromatic rings. The van der Waals surface area contributed by atoms with Gasteiger partial charge in [-0.1, -0.05) is 12.1 Å². The summed E-state index contributed by atoms with van der Waals surface area (Å²) in [6.45, 7) is 6.00. The van der Waals surface area contributed by atoms with E-state index in [0.717, 1.165) is 38.8 Å². The van der Waals surface area contributed by atoms with Crippen LogP contribution < -0.4 is 0 Å². The van der Waals surface area contributed by atoms with Crippen LogP contribution in [0, 0.1) is 12.8 Å². The number of piperidine rings is 2. The van der Waals surface area contributed by atoms with Crippen LogP contribution in [0.15, 0.2) is 15.5 Å². The van der Waals surface area contributed by atoms with Crippen LogP contribution in [0.3, 0.4) is 0 Å². The fourth-order valence-electron chi connectivity index (χ4n) is 4.20. The summed E-state index contributed by atoms with van der Waals surface area (Å²) in [6.07, 6.45) is 5.31. The third-order valence-corrected chi connectivity index (χ3v) is 9.05. The monoisotopic (exact) mass is 452 g/mol. The summed E-state index contributed by atoms with van der Waals surface area (Å²) in [5.74, 6) is 0.791. The number of aryl methyl sites for hydroxylation is 2. The van der Waals surface area contributed by atoms with Crippen molar-refractivity contribution < 1.29 is 17.7 Å². The van der Waals surface area contributed by atoms with Gasteiger partial charge in [-0.05, 0) is 45.1 Å². The van der Waals surface area contributed by atoms with Crippen LogP contribution in [0.5, 0.6) is 0 Å². The van der Waals surface area contributed by atoms with Gasteiger partial charge in [0.1, 0.15) is 0 Å². The molecule has 2 fully saturated rings. The first-order chi connectivity index (χ1) is 14.4. The molecule has 2 aliphatic heterocycles. The fourth-order valence-corrected chi connectivity index (χ4v) is 7.21. The zero-order valence-corrected chi connectivity index (χ0v) is 19.1. The minimum Gasteiger partial charge on any atom is -0.342 e. The van der Waals surface area contributed by atoms with E-state index < -0.39 is 10.0 Å². The lowest BCUT2D eigenvalue weighted by atomic mass is 9.97. The Kier molecular flexibility index (Phi) is 6.26. The van der Waals surface area contributed by atoms with Gasteiger partial charge in [0, 0.05) is 37.5 Å². The molecule has 0 N–H and O–H groups in total. The van der Waals surface area contributed by atoms with E-state index in [2.05, 4.69) is 10.1 Å². The van der Waals surface area contributed by atoms with Gasteiger partial charge < -0.3 is 9.42 Å². The second kappa shape index (κ2) is 8.76. The Morgan fingerprint density at radius 2 is 2.00 bits per heavy atom. The fraction of sp³-hybridized carbons (Fsp3) is 0.650. The standard InChI is InChI=1S/C20H28N4O4S2/c1-3-18-21-19(22-28-18)16-12-17(14(2)29-16)30(26,27)24-11-7-8-15(13-24)20(25)23-9-5-4-6-10-23/h12,15H,3-11,13H2,1-2H3/t15-/m0/s1. The van der Waals surface area contributed by atoms with Crippen LogP contribution >= 0.6 is 11.3 Å². The lowest BCUT2D eigenvalue weighted by Gasteiger charge is -2.35. The molecule has 2 aliphatic rings. The number of thiophene rings is 1. The molecule has 0 saturated carbocycles. The molecule has 2 saturated heterocycles. The average molecular weight is 453 g/mol. The molecule has 0 aromatic carbocycles. The number of carbonyl (C=O) groups is 1. The second-order valence-electron chi connectivity index (χ2n) is 7.98. The molecule has 30 heavy (non-hydrogen) atoms. The topological polar surface area (TPSA) is 96.6 Å². The molecule has 1 amide bonds. The number of likely N-dealkylation sites (tertiary alicyclic amines) is 1. The van der Waals surface area contributed by atoms with Crippen molar-refractivity contribution in [3.05, 3.63) is 16.8 Å². The zero-order valence-electron chi connectivity index (χ0n) is 17.5. The summed E-state index contributed by atoms with van der Waals surface area (Å²) < 4.78 is 33.4. The number of sulfonamides is 1. The maximum absolute atomic E-state index is 13.4. The summed E-state index contributed by atoms with van der Waals surface area (Å²) in [7, 11) is -3.69. The Labute approximate surface area is 181 Å². The van der Waals surface area contributed by atoms with Crippen LogP contribution in [0.4, 0.5) is 0 Å². The largest absolute Gasteiger partial charge is 0.342 e. The summed E-state index contributed by atoms with van der Waals surface area (Å²) >= 11 is 1.35. The van der Waals surface area contributed by atoms with Crippen molar-refractivity contribution in [1.29, 1.82) is 0 Å². The van der Waals surface area contributed by atoms with E-state index >= 15 is 0 Å². The Morgan fingerprint density at radius 1 is 1.23 bits per heavy atom. The van der Waals surface area contributed by atoms with E-state index in [0.29, 0.717) is 40.9 Å². The second-order valence-corrected chi connectivity index (χ2v) is 11.1. The molecule has 2 aromatic heterocycles. The normalized spacial score (nSPS) is 21.1. The van der Waals surface area contributed by atoms with Crippen molar-refractivity contribution in [1.82, 2.24) is 19.3 Å². The van der Waals surface area contributed by atoms with Gasteiger partial charge in [0.25, 0.3) is 0 Å². The van der Waals surface area contributed by atoms with Gasteiger partial charge in [-0.15, -0.1) is 11.3 Å². The summed E-state index contributed by atoms with van der Waals surface area (Å²) in [5.41, 5.74) is 0. The molecular formula is C20H28N4O4S2. The van der Waals surface area contributed by atoms with Crippen molar-refractivity contribution in [3.8, 4) is 10.7 Å². The Morgan fingerprint density at radius 3 is 2.70 bits per heavy atom. The smallest absolute Gasteiger partial charge is 0.244 e. The molecule has 8 nitrogen and oxygen atoms in total. The SMILES string of the molecule is CCc1nc(-c2cc(S(=O)(=O)N3CCC[C@H](C(=O)N4CCCCC4)C3)c(C)s2)no1. The van der Waals surface area contributed by atoms with E-state index in [4.69, 9.17) is 4.52 Å². The van der Waals surface area contributed by atoms with E-state index in [1.165, 1.54) is 15.6 Å². The predicted molar refractivity (Wildman–Crippen MR) is 114 cm³/mol. The minimum absolute atomic E-state index is 0.108. The molecular weight excluding hydrogens is 424 g/mol. The van der Waals surface area contributed by atoms with Crippen molar-refractivity contribution in [2.24, 2.45) is 5.92 Å². The van der Waals surface area contributed by atoms with Gasteiger partial charge in [-0.2, -0.15) is 9.29 Å². The third-order valence-electron chi connectivity index (χ3n) is 5.88. The lowest BCUT2D eigenvalue weighted by molar-refractivity contribution is -0.137. The first kappa shape index (κ1) is 21.5. The number of hydrogen-bond acceptors (Lipinski definition) is 7. The molecule has 4 rings (SSSR count). The summed E-state index contributed by atoms with van der Waals surface area (Å²) in [6, 6.07) is 1.63. The van der Waals surface area contributed by atoms with Crippen molar-refractivity contribution in [3.63, 3.8) is 0 Å². The van der Waals surface area contributed by atoms with Crippen LogP contribution in [0.1, 0.15) is 49.8 Å². The first-order valence-electron chi connectivity index (χ1n) is 10.6. The van der Waals surface area contributed by atoms with Crippen molar-refractivity contribution in [2.45, 2.75) is 57.3 Å². The molecule has 10 heteroatoms. The molecule has 1 atom stereocenters. The van der Waals surface area contributed by atoms with Crippen molar-refractivity contribution >= 4 is 27.3 Å². The van der Waals surface area contributed by atoms with Gasteiger partial charge in [0.2, 0.25) is 27.6 Å². The molecule has 0 unspecified atom stereocenters. The van der Waals surface area contributed by atoms with Gasteiger partial charge in [-0.25, -0.2) is 8.42 Å². The first-order valence-corrected chi connectivity index (χ1v) is 12.9. The molecule has 0 spiro atoms. The number of hydrogen-bond donors (Lipinski definition) is 0. The van der Waals surface area contributed by atoms with Gasteiger partial charge >= 0.3 is 0 Å². The number of nitrogens with zero attached hydrogens (tertiary/aromatic N) is 4. The Balaban J connectivity index is 1.53. The molecule has 4 heterocycles. The van der Waals surface area contributed by atoms with Crippen LogP contribution in [-0.2, 0) is 21.2 Å². The highest BCUT2D eigenvalue weighted by molar-refractivity contribution is 7.89. The number of amides is 1. The number of rotatable bonds is 5. The highest BCUT2D eigenvalue weighted by Crippen LogP contribution is 2.35. The van der Waals surface area contributed by atoms with Crippen LogP contribution in [0.2, 0.25) is 0 Å². The highest BCUT2D eigenvalue weighted by atomic mass is 32.2. The summed E-state index contributed by atoms with van der Waals surface area (Å²) in [5, 5.41) is 3.96. The highest BCUT2D eigenvalue weighted by Gasteiger charge is 2.36. The Hall–Kier alpha value is -1.78. The maximum Gasteiger partial charge on any atom is 0.244 e. The van der Waals surface area contributed by atoms with Gasteiger partial charge in [-0.3, -0.25) is 4.79 Å². The number of carbonyl (C=O) groups excluding carboxylic acids is 1. The van der Waals surface area contributed by atoms with E-state index in [9.17, 15) is 13.2 Å². The van der Waals surface area contributed by atoms with Gasteiger partial charge in [0.05, 0.1) is 15.7 Å². The van der Waals surface area contributed by atoms with E-state index in [-0.39, 0.29) is 23.3 Å². The molecule has 0 bridgehead atoms. The predicted octanol–water partition coefficient (Wildman–Crippen LogP) is 3.08. The van der Waals surface area contributed by atoms with Crippen LogP contribution in [0.25, 0.3) is 10.7 Å².